The summed E-state index contributed by atoms with van der Waals surface area (Å²) in [5.74, 6) is 0. The van der Waals surface area contributed by atoms with Crippen molar-refractivity contribution in [3.63, 3.8) is 0 Å². The fourth-order valence-electron chi connectivity index (χ4n) is 0.300. The molecule has 0 atom stereocenters. The van der Waals surface area contributed by atoms with Crippen molar-refractivity contribution in [1.29, 1.82) is 0 Å². The van der Waals surface area contributed by atoms with E-state index < -0.39 is 31.8 Å². The minimum atomic E-state index is -1.11. The van der Waals surface area contributed by atoms with E-state index in [9.17, 15) is 0 Å². The van der Waals surface area contributed by atoms with Crippen LogP contribution in [-0.4, -0.2) is 46.9 Å². The van der Waals surface area contributed by atoms with Crippen LogP contribution in [0.15, 0.2) is 0 Å². The van der Waals surface area contributed by atoms with Crippen molar-refractivity contribution in [3.05, 3.63) is 0 Å². The second kappa shape index (κ2) is 41.7. The van der Waals surface area contributed by atoms with Gasteiger partial charge in [-0.2, -0.15) is 0 Å². The van der Waals surface area contributed by atoms with E-state index in [2.05, 4.69) is 0 Å². The largest absolute Gasteiger partial charge is 0.396 e. The van der Waals surface area contributed by atoms with Gasteiger partial charge in [0.05, 0.1) is 31.8 Å². The van der Waals surface area contributed by atoms with E-state index >= 15 is 0 Å². The van der Waals surface area contributed by atoms with Gasteiger partial charge in [0, 0.05) is 352 Å². The fourth-order valence-corrected chi connectivity index (χ4v) is 0.300. The van der Waals surface area contributed by atoms with Crippen LogP contribution in [0.5, 0.6) is 0 Å². The van der Waals surface area contributed by atoms with Crippen molar-refractivity contribution < 1.29 is 373 Å². The molecule has 0 bridgehead atoms. The van der Waals surface area contributed by atoms with Crippen LogP contribution in [-0.2, 0) is 0 Å². The third kappa shape index (κ3) is 32.3. The Balaban J connectivity index is -0.0000000114. The first kappa shape index (κ1) is 56.6. The molecule has 4 nitrogen and oxygen atoms in total. The zero-order chi connectivity index (χ0) is 7.33. The third-order valence-electron chi connectivity index (χ3n) is 1.34. The molecule has 0 aromatic rings. The molecule has 0 aliphatic rings. The van der Waals surface area contributed by atoms with Crippen molar-refractivity contribution in [3.8, 4) is 0 Å². The van der Waals surface area contributed by atoms with Gasteiger partial charge in [0.1, 0.15) is 0 Å². The van der Waals surface area contributed by atoms with Gasteiger partial charge >= 0.3 is 0 Å². The monoisotopic (exact) mass is 1950 g/mol. The summed E-state index contributed by atoms with van der Waals surface area (Å²) in [6, 6.07) is 0. The van der Waals surface area contributed by atoms with Crippen molar-refractivity contribution in [1.82, 2.24) is 0 Å². The summed E-state index contributed by atoms with van der Waals surface area (Å²) in [4.78, 5) is 0. The molecule has 0 saturated carbocycles. The molecule has 0 aromatic heterocycles. The van der Waals surface area contributed by atoms with Gasteiger partial charge in [0.15, 0.2) is 0 Å². The summed E-state index contributed by atoms with van der Waals surface area (Å²) in [6.45, 7) is -1.62. The van der Waals surface area contributed by atoms with Gasteiger partial charge in [-0.1, -0.05) is 0 Å². The number of hydrogen-bond acceptors (Lipinski definition) is 4. The Morgan fingerprint density at radius 1 is 0.412 bits per heavy atom. The second-order valence-corrected chi connectivity index (χ2v) is 2.13. The van der Waals surface area contributed by atoms with Crippen LogP contribution >= 0.6 is 0 Å². The maximum absolute atomic E-state index is 8.50. The van der Waals surface area contributed by atoms with Crippen LogP contribution in [0, 0.1) is 358 Å². The Labute approximate surface area is 390 Å². The predicted molar refractivity (Wildman–Crippen MR) is 30.8 cm³/mol. The Bertz CT molecular complexity index is 68.8. The molecule has 0 aliphatic heterocycles. The second-order valence-electron chi connectivity index (χ2n) is 2.13. The van der Waals surface area contributed by atoms with Gasteiger partial charge in [-0.3, -0.25) is 0 Å². The summed E-state index contributed by atoms with van der Waals surface area (Å²) >= 11 is 0. The van der Waals surface area contributed by atoms with Crippen LogP contribution in [0.1, 0.15) is 0 Å². The molecular weight excluding hydrogens is 1940 g/mol. The van der Waals surface area contributed by atoms with Crippen molar-refractivity contribution in [2.45, 2.75) is 0 Å². The topological polar surface area (TPSA) is 80.9 Å². The molecule has 12 heteroatoms. The summed E-state index contributed by atoms with van der Waals surface area (Å²) in [5.41, 5.74) is -1.11. The van der Waals surface area contributed by atoms with Crippen molar-refractivity contribution >= 4 is 0 Å². The van der Waals surface area contributed by atoms with E-state index in [1.165, 1.54) is 0 Å². The van der Waals surface area contributed by atoms with E-state index in [1.54, 1.807) is 0 Å². The molecule has 0 saturated heterocycles. The molecule has 8 radical (unpaired) electrons. The summed E-state index contributed by atoms with van der Waals surface area (Å²) in [6.07, 6.45) is 0. The molecule has 0 fully saturated rings. The first-order valence-corrected chi connectivity index (χ1v) is 2.68. The molecule has 0 aliphatic carbocycles. The SMILES string of the molecule is OCC(CO)(CO)CO.[Ac].[Ac].[Ac].[Ac].[Ac].[Ac].[Ac].[Ac]. The van der Waals surface area contributed by atoms with Crippen molar-refractivity contribution in [2.24, 2.45) is 5.41 Å². The van der Waals surface area contributed by atoms with Crippen LogP contribution < -0.4 is 0 Å². The van der Waals surface area contributed by atoms with Crippen LogP contribution in [0.4, 0.5) is 0 Å². The van der Waals surface area contributed by atoms with Gasteiger partial charge in [-0.25, -0.2) is 0 Å². The number of aliphatic hydroxyl groups excluding tert-OH is 4. The minimum Gasteiger partial charge on any atom is -0.396 e. The van der Waals surface area contributed by atoms with E-state index in [-0.39, 0.29) is 352 Å². The van der Waals surface area contributed by atoms with Gasteiger partial charge in [0.2, 0.25) is 0 Å². The van der Waals surface area contributed by atoms with Gasteiger partial charge in [0.25, 0.3) is 0 Å². The van der Waals surface area contributed by atoms with Gasteiger partial charge < -0.3 is 20.4 Å². The summed E-state index contributed by atoms with van der Waals surface area (Å²) in [7, 11) is 0. The first-order valence-electron chi connectivity index (χ1n) is 2.68. The average Bonchev–Trinajstić information content (AvgIpc) is 1.95. The molecule has 0 unspecified atom stereocenters. The molecule has 17 heavy (non-hydrogen) atoms. The molecule has 0 spiro atoms. The molecule has 4 N–H and O–H groups in total. The zero-order valence-corrected chi connectivity index (χ0v) is 47.7. The van der Waals surface area contributed by atoms with E-state index in [0.29, 0.717) is 0 Å². The number of aliphatic hydroxyl groups is 4. The van der Waals surface area contributed by atoms with Crippen LogP contribution in [0.3, 0.4) is 0 Å². The Kier molecular flexibility index (Phi) is 139. The molecular formula is C5H12Ac8O4. The average molecular weight is 1950 g/mol. The first-order chi connectivity index (χ1) is 4.24. The van der Waals surface area contributed by atoms with Gasteiger partial charge in [-0.15, -0.1) is 0 Å². The Morgan fingerprint density at radius 3 is 0.529 bits per heavy atom. The predicted octanol–water partition coefficient (Wildman–Crippen LogP) is -2.06. The zero-order valence-electron chi connectivity index (χ0n) is 9.74. The van der Waals surface area contributed by atoms with E-state index in [1.807, 2.05) is 0 Å². The molecule has 0 amide bonds. The molecule has 0 heterocycles. The molecule has 0 aromatic carbocycles. The van der Waals surface area contributed by atoms with E-state index in [4.69, 9.17) is 20.4 Å². The Hall–Kier alpha value is 11.4. The Morgan fingerprint density at radius 2 is 0.529 bits per heavy atom. The molecule has 80 valence electrons. The number of rotatable bonds is 4. The van der Waals surface area contributed by atoms with Crippen LogP contribution in [0.2, 0.25) is 0 Å². The fraction of sp³-hybridized carbons (Fsp3) is 1.00. The normalized spacial score (nSPS) is 6.35. The summed E-state index contributed by atoms with van der Waals surface area (Å²) in [5, 5.41) is 34.0. The van der Waals surface area contributed by atoms with Crippen molar-refractivity contribution in [2.75, 3.05) is 26.4 Å². The quantitative estimate of drug-likeness (QED) is 0.262. The number of hydrogen-bond donors (Lipinski definition) is 4. The standard InChI is InChI=1S/C5H12O4.8Ac/c6-1-5(2-7,3-8)4-9;;;;;;;;/h6-9H,1-4H2;;;;;;;;. The molecule has 0 rings (SSSR count). The van der Waals surface area contributed by atoms with Gasteiger partial charge in [-0.05, 0) is 0 Å². The summed E-state index contributed by atoms with van der Waals surface area (Å²) < 4.78 is 0. The minimum absolute atomic E-state index is 0. The third-order valence-corrected chi connectivity index (χ3v) is 1.34. The van der Waals surface area contributed by atoms with E-state index in [0.717, 1.165) is 0 Å². The smallest absolute Gasteiger partial charge is 0.0627 e. The van der Waals surface area contributed by atoms with Crippen LogP contribution in [0.25, 0.3) is 0 Å². The maximum atomic E-state index is 8.50. The maximum Gasteiger partial charge on any atom is 0.0627 e.